The molecule has 0 amide bonds. The molecular formula is C28H20N2O6. The van der Waals surface area contributed by atoms with Gasteiger partial charge in [-0.25, -0.2) is 0 Å². The van der Waals surface area contributed by atoms with Crippen LogP contribution in [-0.4, -0.2) is 18.7 Å². The molecule has 0 saturated carbocycles. The first-order valence-corrected chi connectivity index (χ1v) is 10.9. The van der Waals surface area contributed by atoms with Gasteiger partial charge in [0.15, 0.2) is 23.0 Å². The highest BCUT2D eigenvalue weighted by molar-refractivity contribution is 6.10. The van der Waals surface area contributed by atoms with E-state index in [0.29, 0.717) is 28.2 Å². The normalized spacial score (nSPS) is 10.4. The monoisotopic (exact) mass is 480 g/mol. The summed E-state index contributed by atoms with van der Waals surface area (Å²) in [5.41, 5.74) is 2.20. The number of nitroso groups, excluding NO2 is 2. The fourth-order valence-electron chi connectivity index (χ4n) is 3.54. The van der Waals surface area contributed by atoms with E-state index in [1.165, 1.54) is 24.3 Å². The summed E-state index contributed by atoms with van der Waals surface area (Å²) in [6.45, 7) is 1.72. The van der Waals surface area contributed by atoms with Gasteiger partial charge in [-0.2, -0.15) is 0 Å². The maximum atomic E-state index is 12.9. The average molecular weight is 480 g/mol. The number of carbonyl (C=O) groups is 2. The standard InChI is InChI=1S/C28H20N2O6/c1-17-3-4-20(15-24(17)29-33)28(32)21-9-14-26(25(16-21)30-34)36-23-12-7-19(8-13-23)27(31)18-5-10-22(35-2)11-6-18/h3-16H,1-2H3. The third kappa shape index (κ3) is 5.07. The molecule has 0 spiro atoms. The van der Waals surface area contributed by atoms with Gasteiger partial charge >= 0.3 is 0 Å². The van der Waals surface area contributed by atoms with E-state index in [1.807, 2.05) is 0 Å². The van der Waals surface area contributed by atoms with Crippen molar-refractivity contribution >= 4 is 22.9 Å². The summed E-state index contributed by atoms with van der Waals surface area (Å²) in [6, 6.07) is 22.1. The summed E-state index contributed by atoms with van der Waals surface area (Å²) in [4.78, 5) is 48.0. The third-order valence-corrected chi connectivity index (χ3v) is 5.59. The number of hydrogen-bond acceptors (Lipinski definition) is 8. The predicted molar refractivity (Wildman–Crippen MR) is 135 cm³/mol. The van der Waals surface area contributed by atoms with Crippen molar-refractivity contribution in [1.29, 1.82) is 0 Å². The quantitative estimate of drug-likeness (QED) is 0.187. The van der Waals surface area contributed by atoms with Crippen LogP contribution in [0.1, 0.15) is 37.4 Å². The summed E-state index contributed by atoms with van der Waals surface area (Å²) in [5.74, 6) is 0.633. The molecule has 0 bridgehead atoms. The second kappa shape index (κ2) is 10.5. The van der Waals surface area contributed by atoms with E-state index >= 15 is 0 Å². The van der Waals surface area contributed by atoms with E-state index in [0.717, 1.165) is 0 Å². The Hall–Kier alpha value is -4.98. The van der Waals surface area contributed by atoms with Crippen LogP contribution in [0.4, 0.5) is 11.4 Å². The van der Waals surface area contributed by atoms with Crippen molar-refractivity contribution in [3.63, 3.8) is 0 Å². The topological polar surface area (TPSA) is 111 Å². The molecule has 4 rings (SSSR count). The largest absolute Gasteiger partial charge is 0.497 e. The van der Waals surface area contributed by atoms with Crippen molar-refractivity contribution in [2.24, 2.45) is 10.4 Å². The summed E-state index contributed by atoms with van der Waals surface area (Å²) in [5, 5.41) is 5.92. The van der Waals surface area contributed by atoms with Gasteiger partial charge in [0.2, 0.25) is 0 Å². The zero-order valence-corrected chi connectivity index (χ0v) is 19.4. The number of aryl methyl sites for hydroxylation is 1. The summed E-state index contributed by atoms with van der Waals surface area (Å²) in [6.07, 6.45) is 0. The lowest BCUT2D eigenvalue weighted by atomic mass is 10.0. The van der Waals surface area contributed by atoms with E-state index in [2.05, 4.69) is 10.4 Å². The predicted octanol–water partition coefficient (Wildman–Crippen LogP) is 7.05. The van der Waals surface area contributed by atoms with E-state index in [1.54, 1.807) is 74.7 Å². The third-order valence-electron chi connectivity index (χ3n) is 5.59. The Bertz CT molecular complexity index is 1460. The van der Waals surface area contributed by atoms with Gasteiger partial charge in [-0.3, -0.25) is 9.59 Å². The first-order valence-electron chi connectivity index (χ1n) is 10.9. The molecule has 4 aromatic carbocycles. The first-order chi connectivity index (χ1) is 17.4. The summed E-state index contributed by atoms with van der Waals surface area (Å²) in [7, 11) is 1.55. The number of benzene rings is 4. The van der Waals surface area contributed by atoms with Gasteiger partial charge < -0.3 is 9.47 Å². The van der Waals surface area contributed by atoms with E-state index in [-0.39, 0.29) is 34.0 Å². The highest BCUT2D eigenvalue weighted by Gasteiger charge is 2.16. The lowest BCUT2D eigenvalue weighted by Crippen LogP contribution is -2.02. The molecule has 0 atom stereocenters. The van der Waals surface area contributed by atoms with Gasteiger partial charge in [-0.1, -0.05) is 12.1 Å². The number of rotatable bonds is 9. The zero-order chi connectivity index (χ0) is 25.7. The fourth-order valence-corrected chi connectivity index (χ4v) is 3.54. The molecule has 0 aliphatic carbocycles. The number of hydrogen-bond donors (Lipinski definition) is 0. The summed E-state index contributed by atoms with van der Waals surface area (Å²) < 4.78 is 10.9. The second-order valence-corrected chi connectivity index (χ2v) is 7.88. The zero-order valence-electron chi connectivity index (χ0n) is 19.4. The van der Waals surface area contributed by atoms with Gasteiger partial charge in [-0.15, -0.1) is 9.81 Å². The van der Waals surface area contributed by atoms with Crippen LogP contribution in [0.15, 0.2) is 95.3 Å². The molecule has 0 saturated heterocycles. The Morgan fingerprint density at radius 2 is 1.08 bits per heavy atom. The minimum atomic E-state index is -0.391. The molecule has 8 heteroatoms. The van der Waals surface area contributed by atoms with Gasteiger partial charge in [0.25, 0.3) is 0 Å². The number of ketones is 2. The van der Waals surface area contributed by atoms with Crippen molar-refractivity contribution in [1.82, 2.24) is 0 Å². The molecule has 4 aromatic rings. The van der Waals surface area contributed by atoms with Crippen LogP contribution in [-0.2, 0) is 0 Å². The van der Waals surface area contributed by atoms with Crippen molar-refractivity contribution in [3.05, 3.63) is 123 Å². The maximum Gasteiger partial charge on any atom is 0.193 e. The van der Waals surface area contributed by atoms with Gasteiger partial charge in [0.1, 0.15) is 17.2 Å². The lowest BCUT2D eigenvalue weighted by Gasteiger charge is -2.10. The number of ether oxygens (including phenoxy) is 2. The minimum absolute atomic E-state index is 0.0694. The Labute approximate surface area is 206 Å². The number of nitrogens with zero attached hydrogens (tertiary/aromatic N) is 2. The van der Waals surface area contributed by atoms with Gasteiger partial charge in [0, 0.05) is 22.3 Å². The molecule has 0 aliphatic rings. The highest BCUT2D eigenvalue weighted by atomic mass is 16.5. The molecule has 0 heterocycles. The van der Waals surface area contributed by atoms with Crippen LogP contribution in [0.2, 0.25) is 0 Å². The SMILES string of the molecule is COc1ccc(C(=O)c2ccc(Oc3ccc(C(=O)c4ccc(C)c(N=O)c4)cc3N=O)cc2)cc1. The second-order valence-electron chi connectivity index (χ2n) is 7.88. The minimum Gasteiger partial charge on any atom is -0.497 e. The van der Waals surface area contributed by atoms with Crippen molar-refractivity contribution in [3.8, 4) is 17.2 Å². The van der Waals surface area contributed by atoms with E-state index in [9.17, 15) is 19.4 Å². The molecule has 0 radical (unpaired) electrons. The maximum absolute atomic E-state index is 12.9. The molecule has 0 unspecified atom stereocenters. The molecule has 178 valence electrons. The average Bonchev–Trinajstić information content (AvgIpc) is 2.93. The molecule has 0 aliphatic heterocycles. The molecule has 0 fully saturated rings. The van der Waals surface area contributed by atoms with Crippen LogP contribution in [0.5, 0.6) is 17.2 Å². The Morgan fingerprint density at radius 3 is 1.64 bits per heavy atom. The van der Waals surface area contributed by atoms with Gasteiger partial charge in [0.05, 0.1) is 7.11 Å². The van der Waals surface area contributed by atoms with Crippen LogP contribution < -0.4 is 9.47 Å². The van der Waals surface area contributed by atoms with Crippen molar-refractivity contribution < 1.29 is 19.1 Å². The van der Waals surface area contributed by atoms with Crippen LogP contribution >= 0.6 is 0 Å². The lowest BCUT2D eigenvalue weighted by molar-refractivity contribution is 0.103. The van der Waals surface area contributed by atoms with Crippen LogP contribution in [0.3, 0.4) is 0 Å². The Kier molecular flexibility index (Phi) is 7.06. The van der Waals surface area contributed by atoms with Gasteiger partial charge in [-0.05, 0) is 95.6 Å². The Morgan fingerprint density at radius 1 is 0.611 bits per heavy atom. The van der Waals surface area contributed by atoms with Crippen LogP contribution in [0, 0.1) is 16.7 Å². The van der Waals surface area contributed by atoms with E-state index in [4.69, 9.17) is 9.47 Å². The molecule has 8 nitrogen and oxygen atoms in total. The number of carbonyl (C=O) groups excluding carboxylic acids is 2. The highest BCUT2D eigenvalue weighted by Crippen LogP contribution is 2.34. The van der Waals surface area contributed by atoms with E-state index < -0.39 is 5.78 Å². The van der Waals surface area contributed by atoms with Crippen LogP contribution in [0.25, 0.3) is 0 Å². The Balaban J connectivity index is 1.52. The smallest absolute Gasteiger partial charge is 0.193 e. The fraction of sp³-hybridized carbons (Fsp3) is 0.0714. The molecule has 36 heavy (non-hydrogen) atoms. The molecule has 0 aromatic heterocycles. The number of methoxy groups -OCH3 is 1. The van der Waals surface area contributed by atoms with Crippen molar-refractivity contribution in [2.45, 2.75) is 6.92 Å². The van der Waals surface area contributed by atoms with Crippen molar-refractivity contribution in [2.75, 3.05) is 7.11 Å². The summed E-state index contributed by atoms with van der Waals surface area (Å²) >= 11 is 0. The first kappa shape index (κ1) is 24.2. The molecule has 0 N–H and O–H groups in total. The molecular weight excluding hydrogens is 460 g/mol.